The number of rotatable bonds is 3. The zero-order valence-electron chi connectivity index (χ0n) is 16.4. The van der Waals surface area contributed by atoms with Crippen LogP contribution in [0.15, 0.2) is 48.5 Å². The van der Waals surface area contributed by atoms with Gasteiger partial charge < -0.3 is 19.5 Å². The molecule has 1 aromatic heterocycles. The molecule has 0 saturated carbocycles. The Labute approximate surface area is 169 Å². The first kappa shape index (κ1) is 17.8. The predicted molar refractivity (Wildman–Crippen MR) is 111 cm³/mol. The summed E-state index contributed by atoms with van der Waals surface area (Å²) in [6.07, 6.45) is 1.07. The van der Waals surface area contributed by atoms with Gasteiger partial charge in [0, 0.05) is 60.3 Å². The second-order valence-electron chi connectivity index (χ2n) is 7.74. The summed E-state index contributed by atoms with van der Waals surface area (Å²) in [6, 6.07) is 15.6. The zero-order chi connectivity index (χ0) is 20.0. The average molecular weight is 389 g/mol. The number of anilines is 1. The maximum atomic E-state index is 13.2. The van der Waals surface area contributed by atoms with Crippen molar-refractivity contribution in [2.24, 2.45) is 5.92 Å². The van der Waals surface area contributed by atoms with Crippen molar-refractivity contribution in [3.05, 3.63) is 59.8 Å². The van der Waals surface area contributed by atoms with Crippen LogP contribution in [0.1, 0.15) is 17.7 Å². The molecular weight excluding hydrogens is 366 g/mol. The number of aromatic amines is 1. The van der Waals surface area contributed by atoms with Crippen LogP contribution in [0.25, 0.3) is 10.9 Å². The highest BCUT2D eigenvalue weighted by atomic mass is 16.5. The highest BCUT2D eigenvalue weighted by Crippen LogP contribution is 2.32. The molecule has 0 spiro atoms. The maximum Gasteiger partial charge on any atom is 0.228 e. The van der Waals surface area contributed by atoms with E-state index in [1.807, 2.05) is 53.4 Å². The van der Waals surface area contributed by atoms with Crippen LogP contribution in [0.4, 0.5) is 5.69 Å². The van der Waals surface area contributed by atoms with Gasteiger partial charge in [0.25, 0.3) is 0 Å². The summed E-state index contributed by atoms with van der Waals surface area (Å²) in [4.78, 5) is 32.8. The van der Waals surface area contributed by atoms with Crippen molar-refractivity contribution in [3.8, 4) is 5.75 Å². The van der Waals surface area contributed by atoms with E-state index in [-0.39, 0.29) is 24.2 Å². The lowest BCUT2D eigenvalue weighted by atomic mass is 10.0. The Morgan fingerprint density at radius 2 is 2.00 bits per heavy atom. The molecule has 0 unspecified atom stereocenters. The fourth-order valence-corrected chi connectivity index (χ4v) is 4.50. The van der Waals surface area contributed by atoms with Crippen molar-refractivity contribution < 1.29 is 14.3 Å². The number of aromatic nitrogens is 1. The Kier molecular flexibility index (Phi) is 4.27. The summed E-state index contributed by atoms with van der Waals surface area (Å²) >= 11 is 0. The normalized spacial score (nSPS) is 18.9. The van der Waals surface area contributed by atoms with Gasteiger partial charge in [-0.05, 0) is 30.3 Å². The first-order valence-electron chi connectivity index (χ1n) is 9.95. The van der Waals surface area contributed by atoms with E-state index in [1.54, 1.807) is 12.0 Å². The molecule has 3 aromatic rings. The van der Waals surface area contributed by atoms with Crippen molar-refractivity contribution in [1.82, 2.24) is 9.88 Å². The molecule has 29 heavy (non-hydrogen) atoms. The summed E-state index contributed by atoms with van der Waals surface area (Å²) in [5.74, 6) is 0.607. The molecular formula is C23H23N3O3. The fraction of sp³-hybridized carbons (Fsp3) is 0.304. The van der Waals surface area contributed by atoms with Crippen molar-refractivity contribution in [3.63, 3.8) is 0 Å². The SMILES string of the molecule is COc1ccc2[nH]c3c(c2c1)CN(C(=O)[C@H]1CC(=O)N(c2ccccc2)C1)CC3. The molecule has 6 heteroatoms. The molecule has 0 aliphatic carbocycles. The number of ether oxygens (including phenoxy) is 1. The van der Waals surface area contributed by atoms with Gasteiger partial charge >= 0.3 is 0 Å². The van der Waals surface area contributed by atoms with Gasteiger partial charge in [0.2, 0.25) is 11.8 Å². The Morgan fingerprint density at radius 1 is 1.17 bits per heavy atom. The second-order valence-corrected chi connectivity index (χ2v) is 7.74. The van der Waals surface area contributed by atoms with E-state index in [1.165, 1.54) is 5.69 Å². The summed E-state index contributed by atoms with van der Waals surface area (Å²) in [5, 5.41) is 1.10. The number of amides is 2. The average Bonchev–Trinajstić information content (AvgIpc) is 3.33. The van der Waals surface area contributed by atoms with E-state index in [4.69, 9.17) is 4.74 Å². The van der Waals surface area contributed by atoms with E-state index in [2.05, 4.69) is 4.98 Å². The summed E-state index contributed by atoms with van der Waals surface area (Å²) in [5.41, 5.74) is 4.27. The Bertz CT molecular complexity index is 1090. The standard InChI is InChI=1S/C23H23N3O3/c1-29-17-7-8-20-18(12-17)19-14-25(10-9-21(19)24-20)23(28)15-11-22(27)26(13-15)16-5-3-2-4-6-16/h2-8,12,15,24H,9-11,13-14H2,1H3/t15-/m0/s1. The number of nitrogens with zero attached hydrogens (tertiary/aromatic N) is 2. The van der Waals surface area contributed by atoms with E-state index in [0.717, 1.165) is 34.3 Å². The molecule has 1 N–H and O–H groups in total. The van der Waals surface area contributed by atoms with Gasteiger partial charge in [-0.15, -0.1) is 0 Å². The third-order valence-corrected chi connectivity index (χ3v) is 6.04. The van der Waals surface area contributed by atoms with E-state index in [0.29, 0.717) is 19.6 Å². The lowest BCUT2D eigenvalue weighted by molar-refractivity contribution is -0.136. The summed E-state index contributed by atoms with van der Waals surface area (Å²) < 4.78 is 5.37. The van der Waals surface area contributed by atoms with Crippen LogP contribution in [-0.4, -0.2) is 41.9 Å². The Morgan fingerprint density at radius 3 is 2.79 bits per heavy atom. The van der Waals surface area contributed by atoms with E-state index < -0.39 is 0 Å². The van der Waals surface area contributed by atoms with Gasteiger partial charge in [0.05, 0.1) is 13.0 Å². The number of H-pyrrole nitrogens is 1. The van der Waals surface area contributed by atoms with Crippen molar-refractivity contribution in [1.29, 1.82) is 0 Å². The number of hydrogen-bond acceptors (Lipinski definition) is 3. The molecule has 3 heterocycles. The smallest absolute Gasteiger partial charge is 0.228 e. The summed E-state index contributed by atoms with van der Waals surface area (Å²) in [7, 11) is 1.66. The topological polar surface area (TPSA) is 65.6 Å². The number of carbonyl (C=O) groups is 2. The molecule has 6 nitrogen and oxygen atoms in total. The molecule has 2 amide bonds. The number of methoxy groups -OCH3 is 1. The molecule has 1 saturated heterocycles. The predicted octanol–water partition coefficient (Wildman–Crippen LogP) is 3.11. The van der Waals surface area contributed by atoms with Crippen molar-refractivity contribution in [2.75, 3.05) is 25.1 Å². The van der Waals surface area contributed by atoms with E-state index >= 15 is 0 Å². The van der Waals surface area contributed by atoms with Gasteiger partial charge in [-0.3, -0.25) is 9.59 Å². The van der Waals surface area contributed by atoms with Gasteiger partial charge in [0.15, 0.2) is 0 Å². The lowest BCUT2D eigenvalue weighted by Gasteiger charge is -2.29. The monoisotopic (exact) mass is 389 g/mol. The van der Waals surface area contributed by atoms with Crippen LogP contribution in [0.2, 0.25) is 0 Å². The quantitative estimate of drug-likeness (QED) is 0.749. The third-order valence-electron chi connectivity index (χ3n) is 6.04. The Balaban J connectivity index is 1.36. The fourth-order valence-electron chi connectivity index (χ4n) is 4.50. The molecule has 2 aliphatic rings. The molecule has 148 valence electrons. The minimum absolute atomic E-state index is 0.0177. The molecule has 1 fully saturated rings. The number of para-hydroxylation sites is 1. The van der Waals surface area contributed by atoms with Gasteiger partial charge in [-0.25, -0.2) is 0 Å². The van der Waals surface area contributed by atoms with Gasteiger partial charge in [-0.1, -0.05) is 18.2 Å². The minimum atomic E-state index is -0.288. The molecule has 0 radical (unpaired) electrons. The molecule has 2 aliphatic heterocycles. The molecule has 2 aromatic carbocycles. The number of hydrogen-bond donors (Lipinski definition) is 1. The highest BCUT2D eigenvalue weighted by Gasteiger charge is 2.38. The number of fused-ring (bicyclic) bond motifs is 3. The maximum absolute atomic E-state index is 13.2. The van der Waals surface area contributed by atoms with Gasteiger partial charge in [0.1, 0.15) is 5.75 Å². The third kappa shape index (κ3) is 3.05. The van der Waals surface area contributed by atoms with Crippen LogP contribution in [0.3, 0.4) is 0 Å². The second kappa shape index (κ2) is 6.95. The summed E-state index contributed by atoms with van der Waals surface area (Å²) in [6.45, 7) is 1.69. The first-order chi connectivity index (χ1) is 14.1. The number of carbonyl (C=O) groups excluding carboxylic acids is 2. The zero-order valence-corrected chi connectivity index (χ0v) is 16.4. The van der Waals surface area contributed by atoms with Crippen LogP contribution in [0.5, 0.6) is 5.75 Å². The van der Waals surface area contributed by atoms with Crippen LogP contribution in [-0.2, 0) is 22.6 Å². The molecule has 1 atom stereocenters. The van der Waals surface area contributed by atoms with Crippen molar-refractivity contribution >= 4 is 28.4 Å². The highest BCUT2D eigenvalue weighted by molar-refractivity contribution is 6.00. The number of benzene rings is 2. The van der Waals surface area contributed by atoms with Crippen LogP contribution >= 0.6 is 0 Å². The lowest BCUT2D eigenvalue weighted by Crippen LogP contribution is -2.40. The molecule has 0 bridgehead atoms. The number of nitrogens with one attached hydrogen (secondary N) is 1. The van der Waals surface area contributed by atoms with Crippen LogP contribution in [0, 0.1) is 5.92 Å². The first-order valence-corrected chi connectivity index (χ1v) is 9.95. The Hall–Kier alpha value is -3.28. The largest absolute Gasteiger partial charge is 0.497 e. The van der Waals surface area contributed by atoms with Crippen LogP contribution < -0.4 is 9.64 Å². The van der Waals surface area contributed by atoms with Crippen molar-refractivity contribution in [2.45, 2.75) is 19.4 Å². The van der Waals surface area contributed by atoms with Gasteiger partial charge in [-0.2, -0.15) is 0 Å². The minimum Gasteiger partial charge on any atom is -0.497 e. The molecule has 5 rings (SSSR count). The van der Waals surface area contributed by atoms with E-state index in [9.17, 15) is 9.59 Å².